The van der Waals surface area contributed by atoms with Crippen LogP contribution in [0.3, 0.4) is 0 Å². The lowest BCUT2D eigenvalue weighted by Gasteiger charge is -2.10. The van der Waals surface area contributed by atoms with Crippen LogP contribution in [0, 0.1) is 5.82 Å². The quantitative estimate of drug-likeness (QED) is 0.742. The van der Waals surface area contributed by atoms with Crippen LogP contribution in [0.25, 0.3) is 0 Å². The van der Waals surface area contributed by atoms with Crippen molar-refractivity contribution in [2.45, 2.75) is 11.4 Å². The lowest BCUT2D eigenvalue weighted by Crippen LogP contribution is -2.23. The molecule has 0 aliphatic carbocycles. The molecule has 130 valence electrons. The number of rotatable bonds is 3. The van der Waals surface area contributed by atoms with E-state index in [-0.39, 0.29) is 24.2 Å². The number of nitrogens with zero attached hydrogens (tertiary/aromatic N) is 1. The van der Waals surface area contributed by atoms with Crippen LogP contribution in [-0.2, 0) is 6.54 Å². The molecule has 7 heteroatoms. The SMILES string of the molecule is O=C(NCc1cccc(F)c1)c1ccc2c(c1)NC(=O)c1cccn1S2. The minimum atomic E-state index is -0.342. The van der Waals surface area contributed by atoms with E-state index in [0.29, 0.717) is 22.5 Å². The Hall–Kier alpha value is -3.06. The maximum absolute atomic E-state index is 13.2. The van der Waals surface area contributed by atoms with Gasteiger partial charge in [-0.1, -0.05) is 12.1 Å². The Kier molecular flexibility index (Phi) is 4.22. The largest absolute Gasteiger partial charge is 0.348 e. The fourth-order valence-electron chi connectivity index (χ4n) is 2.69. The van der Waals surface area contributed by atoms with Gasteiger partial charge in [0.15, 0.2) is 0 Å². The van der Waals surface area contributed by atoms with Gasteiger partial charge in [0.2, 0.25) is 0 Å². The second kappa shape index (κ2) is 6.68. The molecule has 2 amide bonds. The zero-order valence-electron chi connectivity index (χ0n) is 13.5. The predicted molar refractivity (Wildman–Crippen MR) is 97.7 cm³/mol. The number of amides is 2. The molecule has 0 unspecified atom stereocenters. The van der Waals surface area contributed by atoms with E-state index in [1.807, 2.05) is 6.20 Å². The molecule has 2 N–H and O–H groups in total. The van der Waals surface area contributed by atoms with E-state index >= 15 is 0 Å². The maximum atomic E-state index is 13.2. The summed E-state index contributed by atoms with van der Waals surface area (Å²) >= 11 is 1.41. The molecule has 3 aromatic rings. The molecule has 0 saturated heterocycles. The number of anilines is 1. The lowest BCUT2D eigenvalue weighted by molar-refractivity contribution is 0.0949. The van der Waals surface area contributed by atoms with E-state index in [0.717, 1.165) is 4.90 Å². The molecule has 1 aliphatic rings. The highest BCUT2D eigenvalue weighted by atomic mass is 32.2. The van der Waals surface area contributed by atoms with Gasteiger partial charge in [0, 0.05) is 18.3 Å². The van der Waals surface area contributed by atoms with Crippen molar-refractivity contribution in [3.8, 4) is 0 Å². The highest BCUT2D eigenvalue weighted by Gasteiger charge is 2.20. The molecule has 2 aromatic carbocycles. The van der Waals surface area contributed by atoms with Gasteiger partial charge in [-0.2, -0.15) is 0 Å². The van der Waals surface area contributed by atoms with Crippen LogP contribution in [0.1, 0.15) is 26.4 Å². The number of benzene rings is 2. The van der Waals surface area contributed by atoms with Gasteiger partial charge in [-0.05, 0) is 60.0 Å². The van der Waals surface area contributed by atoms with Gasteiger partial charge in [-0.3, -0.25) is 13.6 Å². The van der Waals surface area contributed by atoms with E-state index in [4.69, 9.17) is 0 Å². The minimum Gasteiger partial charge on any atom is -0.348 e. The molecular weight excluding hydrogens is 353 g/mol. The number of carbonyl (C=O) groups excluding carboxylic acids is 2. The number of nitrogens with one attached hydrogen (secondary N) is 2. The topological polar surface area (TPSA) is 63.1 Å². The Morgan fingerprint density at radius 1 is 1.15 bits per heavy atom. The third-order valence-electron chi connectivity index (χ3n) is 3.97. The summed E-state index contributed by atoms with van der Waals surface area (Å²) in [6.45, 7) is 0.222. The van der Waals surface area contributed by atoms with Crippen molar-refractivity contribution >= 4 is 29.4 Å². The summed E-state index contributed by atoms with van der Waals surface area (Å²) in [6, 6.07) is 14.8. The van der Waals surface area contributed by atoms with Crippen molar-refractivity contribution in [1.29, 1.82) is 0 Å². The fraction of sp³-hybridized carbons (Fsp3) is 0.0526. The monoisotopic (exact) mass is 367 g/mol. The fourth-order valence-corrected chi connectivity index (χ4v) is 3.62. The first-order valence-electron chi connectivity index (χ1n) is 7.94. The van der Waals surface area contributed by atoms with Crippen LogP contribution < -0.4 is 10.6 Å². The summed E-state index contributed by atoms with van der Waals surface area (Å²) in [4.78, 5) is 25.5. The van der Waals surface area contributed by atoms with Crippen LogP contribution in [0.15, 0.2) is 65.7 Å². The maximum Gasteiger partial charge on any atom is 0.273 e. The molecule has 0 atom stereocenters. The number of hydrogen-bond acceptors (Lipinski definition) is 3. The van der Waals surface area contributed by atoms with E-state index in [2.05, 4.69) is 10.6 Å². The zero-order valence-corrected chi connectivity index (χ0v) is 14.3. The van der Waals surface area contributed by atoms with Crippen molar-refractivity contribution in [1.82, 2.24) is 9.29 Å². The molecule has 0 bridgehead atoms. The highest BCUT2D eigenvalue weighted by molar-refractivity contribution is 7.98. The summed E-state index contributed by atoms with van der Waals surface area (Å²) in [7, 11) is 0. The van der Waals surface area contributed by atoms with Crippen molar-refractivity contribution < 1.29 is 14.0 Å². The van der Waals surface area contributed by atoms with E-state index < -0.39 is 0 Å². The second-order valence-electron chi connectivity index (χ2n) is 5.79. The second-order valence-corrected chi connectivity index (χ2v) is 6.80. The Morgan fingerprint density at radius 3 is 2.88 bits per heavy atom. The van der Waals surface area contributed by atoms with Crippen molar-refractivity contribution in [2.24, 2.45) is 0 Å². The molecule has 2 heterocycles. The normalized spacial score (nSPS) is 12.6. The van der Waals surface area contributed by atoms with Gasteiger partial charge in [0.1, 0.15) is 11.5 Å². The molecular formula is C19H14FN3O2S. The van der Waals surface area contributed by atoms with Crippen molar-refractivity contribution in [3.05, 3.63) is 83.4 Å². The van der Waals surface area contributed by atoms with Gasteiger partial charge >= 0.3 is 0 Å². The smallest absolute Gasteiger partial charge is 0.273 e. The first kappa shape index (κ1) is 16.4. The first-order valence-corrected chi connectivity index (χ1v) is 8.71. The zero-order chi connectivity index (χ0) is 18.1. The van der Waals surface area contributed by atoms with Crippen LogP contribution in [0.4, 0.5) is 10.1 Å². The molecule has 0 radical (unpaired) electrons. The van der Waals surface area contributed by atoms with Crippen LogP contribution in [0.5, 0.6) is 0 Å². The molecule has 26 heavy (non-hydrogen) atoms. The van der Waals surface area contributed by atoms with Crippen LogP contribution in [0.2, 0.25) is 0 Å². The number of hydrogen-bond donors (Lipinski definition) is 2. The Bertz CT molecular complexity index is 1020. The lowest BCUT2D eigenvalue weighted by atomic mass is 10.1. The number of carbonyl (C=O) groups is 2. The van der Waals surface area contributed by atoms with Crippen molar-refractivity contribution in [2.75, 3.05) is 5.32 Å². The van der Waals surface area contributed by atoms with E-state index in [1.165, 1.54) is 24.1 Å². The number of aromatic nitrogens is 1. The molecule has 5 nitrogen and oxygen atoms in total. The van der Waals surface area contributed by atoms with Crippen LogP contribution in [-0.4, -0.2) is 15.8 Å². The van der Waals surface area contributed by atoms with E-state index in [1.54, 1.807) is 46.4 Å². The van der Waals surface area contributed by atoms with Gasteiger partial charge in [-0.15, -0.1) is 0 Å². The standard InChI is InChI=1S/C19H14FN3O2S/c20-14-4-1-3-12(9-14)11-21-18(24)13-6-7-17-15(10-13)22-19(25)16-5-2-8-23(16)26-17/h1-10H,11H2,(H,21,24)(H,22,25). The average molecular weight is 367 g/mol. The molecule has 1 aliphatic heterocycles. The average Bonchev–Trinajstić information content (AvgIpc) is 3.04. The van der Waals surface area contributed by atoms with Crippen molar-refractivity contribution in [3.63, 3.8) is 0 Å². The molecule has 0 saturated carbocycles. The summed E-state index contributed by atoms with van der Waals surface area (Å²) in [5, 5.41) is 5.59. The third kappa shape index (κ3) is 3.21. The predicted octanol–water partition coefficient (Wildman–Crippen LogP) is 3.68. The number of fused-ring (bicyclic) bond motifs is 2. The number of halogens is 1. The summed E-state index contributed by atoms with van der Waals surface area (Å²) in [6.07, 6.45) is 1.81. The third-order valence-corrected chi connectivity index (χ3v) is 5.04. The molecule has 0 fully saturated rings. The van der Waals surface area contributed by atoms with E-state index in [9.17, 15) is 14.0 Å². The minimum absolute atomic E-state index is 0.222. The summed E-state index contributed by atoms with van der Waals surface area (Å²) in [5.41, 5.74) is 2.23. The highest BCUT2D eigenvalue weighted by Crippen LogP contribution is 2.33. The summed E-state index contributed by atoms with van der Waals surface area (Å²) < 4.78 is 15.0. The van der Waals surface area contributed by atoms with Gasteiger partial charge in [0.25, 0.3) is 11.8 Å². The summed E-state index contributed by atoms with van der Waals surface area (Å²) in [5.74, 6) is -0.857. The molecule has 4 rings (SSSR count). The molecule has 1 aromatic heterocycles. The first-order chi connectivity index (χ1) is 12.6. The Morgan fingerprint density at radius 2 is 2.04 bits per heavy atom. The van der Waals surface area contributed by atoms with Crippen LogP contribution >= 0.6 is 11.9 Å². The van der Waals surface area contributed by atoms with Gasteiger partial charge in [-0.25, -0.2) is 4.39 Å². The van der Waals surface area contributed by atoms with Gasteiger partial charge < -0.3 is 10.6 Å². The Balaban J connectivity index is 1.52. The molecule has 0 spiro atoms. The van der Waals surface area contributed by atoms with Gasteiger partial charge in [0.05, 0.1) is 10.6 Å². The Labute approximate surface area is 153 Å².